The standard InChI is InChI=1S/C15H22F2N2O3/c1-15(2,3)22-14(20)19-9(8-18)5-11-12(16)6-10(21-4)7-13(11)17/h6-7,9H,5,8,18H2,1-4H3,(H,19,20). The third-order valence-electron chi connectivity index (χ3n) is 2.81. The third kappa shape index (κ3) is 5.48. The number of carbonyl (C=O) groups is 1. The van der Waals surface area contributed by atoms with Crippen LogP contribution >= 0.6 is 0 Å². The van der Waals surface area contributed by atoms with Crippen LogP contribution in [0.4, 0.5) is 13.6 Å². The van der Waals surface area contributed by atoms with Crippen molar-refractivity contribution in [2.45, 2.75) is 38.8 Å². The maximum atomic E-state index is 13.9. The fraction of sp³-hybridized carbons (Fsp3) is 0.533. The van der Waals surface area contributed by atoms with Gasteiger partial charge in [-0.15, -0.1) is 0 Å². The molecule has 1 aromatic rings. The summed E-state index contributed by atoms with van der Waals surface area (Å²) in [6.45, 7) is 5.16. The first kappa shape index (κ1) is 18.2. The molecule has 0 aliphatic carbocycles. The van der Waals surface area contributed by atoms with Crippen LogP contribution < -0.4 is 15.8 Å². The van der Waals surface area contributed by atoms with E-state index in [9.17, 15) is 13.6 Å². The van der Waals surface area contributed by atoms with Crippen molar-refractivity contribution in [1.29, 1.82) is 0 Å². The predicted molar refractivity (Wildman–Crippen MR) is 78.8 cm³/mol. The number of benzene rings is 1. The first-order valence-electron chi connectivity index (χ1n) is 6.87. The summed E-state index contributed by atoms with van der Waals surface area (Å²) in [6, 6.07) is 1.52. The molecule has 0 fully saturated rings. The highest BCUT2D eigenvalue weighted by Crippen LogP contribution is 2.21. The molecular formula is C15H22F2N2O3. The van der Waals surface area contributed by atoms with Gasteiger partial charge in [0.05, 0.1) is 7.11 Å². The largest absolute Gasteiger partial charge is 0.497 e. The Balaban J connectivity index is 2.81. The molecule has 7 heteroatoms. The number of nitrogens with one attached hydrogen (secondary N) is 1. The van der Waals surface area contributed by atoms with Crippen molar-refractivity contribution in [2.24, 2.45) is 5.73 Å². The highest BCUT2D eigenvalue weighted by molar-refractivity contribution is 5.68. The van der Waals surface area contributed by atoms with Crippen LogP contribution in [0.25, 0.3) is 0 Å². The Morgan fingerprint density at radius 2 is 1.86 bits per heavy atom. The molecule has 0 spiro atoms. The van der Waals surface area contributed by atoms with Crippen molar-refractivity contribution in [3.05, 3.63) is 29.3 Å². The van der Waals surface area contributed by atoms with Gasteiger partial charge < -0.3 is 20.5 Å². The summed E-state index contributed by atoms with van der Waals surface area (Å²) in [5.74, 6) is -1.41. The molecule has 0 aliphatic rings. The number of hydrogen-bond donors (Lipinski definition) is 2. The van der Waals surface area contributed by atoms with Crippen molar-refractivity contribution in [2.75, 3.05) is 13.7 Å². The molecule has 1 aromatic carbocycles. The van der Waals surface area contributed by atoms with Crippen LogP contribution in [-0.4, -0.2) is 31.4 Å². The number of carbonyl (C=O) groups excluding carboxylic acids is 1. The van der Waals surface area contributed by atoms with E-state index in [4.69, 9.17) is 15.2 Å². The number of ether oxygens (including phenoxy) is 2. The van der Waals surface area contributed by atoms with Crippen molar-refractivity contribution in [1.82, 2.24) is 5.32 Å². The number of halogens is 2. The molecule has 5 nitrogen and oxygen atoms in total. The molecule has 0 aliphatic heterocycles. The lowest BCUT2D eigenvalue weighted by atomic mass is 10.0. The molecule has 0 aromatic heterocycles. The van der Waals surface area contributed by atoms with Crippen molar-refractivity contribution < 1.29 is 23.0 Å². The van der Waals surface area contributed by atoms with E-state index in [1.165, 1.54) is 7.11 Å². The second-order valence-electron chi connectivity index (χ2n) is 5.85. The Hall–Kier alpha value is -1.89. The lowest BCUT2D eigenvalue weighted by Gasteiger charge is -2.23. The minimum absolute atomic E-state index is 0.0180. The molecule has 1 rings (SSSR count). The fourth-order valence-electron chi connectivity index (χ4n) is 1.81. The highest BCUT2D eigenvalue weighted by Gasteiger charge is 2.21. The first-order valence-corrected chi connectivity index (χ1v) is 6.87. The summed E-state index contributed by atoms with van der Waals surface area (Å²) in [7, 11) is 1.32. The molecule has 0 saturated carbocycles. The van der Waals surface area contributed by atoms with E-state index >= 15 is 0 Å². The third-order valence-corrected chi connectivity index (χ3v) is 2.81. The maximum Gasteiger partial charge on any atom is 0.407 e. The molecule has 124 valence electrons. The zero-order chi connectivity index (χ0) is 16.9. The predicted octanol–water partition coefficient (Wildman–Crippen LogP) is 2.37. The van der Waals surface area contributed by atoms with Crippen LogP contribution in [-0.2, 0) is 11.2 Å². The van der Waals surface area contributed by atoms with Crippen LogP contribution in [0.3, 0.4) is 0 Å². The van der Waals surface area contributed by atoms with E-state index < -0.39 is 29.4 Å². The summed E-state index contributed by atoms with van der Waals surface area (Å²) in [4.78, 5) is 11.7. The Morgan fingerprint density at radius 3 is 2.27 bits per heavy atom. The summed E-state index contributed by atoms with van der Waals surface area (Å²) >= 11 is 0. The van der Waals surface area contributed by atoms with Crippen LogP contribution in [0, 0.1) is 11.6 Å². The molecule has 0 bridgehead atoms. The monoisotopic (exact) mass is 316 g/mol. The minimum Gasteiger partial charge on any atom is -0.497 e. The van der Waals surface area contributed by atoms with E-state index in [2.05, 4.69) is 5.32 Å². The quantitative estimate of drug-likeness (QED) is 0.874. The second-order valence-corrected chi connectivity index (χ2v) is 5.85. The van der Waals surface area contributed by atoms with Gasteiger partial charge >= 0.3 is 6.09 Å². The number of hydrogen-bond acceptors (Lipinski definition) is 4. The molecule has 1 unspecified atom stereocenters. The number of rotatable bonds is 5. The van der Waals surface area contributed by atoms with Crippen LogP contribution in [0.1, 0.15) is 26.3 Å². The van der Waals surface area contributed by atoms with Gasteiger partial charge in [-0.05, 0) is 27.2 Å². The number of methoxy groups -OCH3 is 1. The molecule has 0 saturated heterocycles. The molecule has 0 heterocycles. The van der Waals surface area contributed by atoms with E-state index in [1.807, 2.05) is 0 Å². The number of alkyl carbamates (subject to hydrolysis) is 1. The molecule has 1 amide bonds. The SMILES string of the molecule is COc1cc(F)c(CC(CN)NC(=O)OC(C)(C)C)c(F)c1. The average molecular weight is 316 g/mol. The van der Waals surface area contributed by atoms with Gasteiger partial charge in [0, 0.05) is 30.3 Å². The average Bonchev–Trinajstić information content (AvgIpc) is 2.38. The Bertz CT molecular complexity index is 507. The summed E-state index contributed by atoms with van der Waals surface area (Å²) in [5.41, 5.74) is 4.72. The smallest absolute Gasteiger partial charge is 0.407 e. The lowest BCUT2D eigenvalue weighted by Crippen LogP contribution is -2.44. The first-order chi connectivity index (χ1) is 10.2. The summed E-state index contributed by atoms with van der Waals surface area (Å²) < 4.78 is 37.7. The Labute approximate surface area is 128 Å². The van der Waals surface area contributed by atoms with Crippen molar-refractivity contribution in [3.8, 4) is 5.75 Å². The van der Waals surface area contributed by atoms with Crippen molar-refractivity contribution in [3.63, 3.8) is 0 Å². The van der Waals surface area contributed by atoms with Gasteiger partial charge in [-0.3, -0.25) is 0 Å². The molecule has 22 heavy (non-hydrogen) atoms. The summed E-state index contributed by atoms with van der Waals surface area (Å²) in [6.07, 6.45) is -0.769. The zero-order valence-corrected chi connectivity index (χ0v) is 13.2. The molecule has 0 radical (unpaired) electrons. The van der Waals surface area contributed by atoms with Crippen LogP contribution in [0.2, 0.25) is 0 Å². The van der Waals surface area contributed by atoms with Crippen LogP contribution in [0.15, 0.2) is 12.1 Å². The minimum atomic E-state index is -0.749. The molecule has 3 N–H and O–H groups in total. The van der Waals surface area contributed by atoms with Gasteiger partial charge in [-0.1, -0.05) is 0 Å². The molecule has 1 atom stereocenters. The summed E-state index contributed by atoms with van der Waals surface area (Å²) in [5, 5.41) is 2.50. The van der Waals surface area contributed by atoms with Gasteiger partial charge in [0.25, 0.3) is 0 Å². The Kier molecular flexibility index (Phi) is 6.11. The Morgan fingerprint density at radius 1 is 1.32 bits per heavy atom. The normalized spacial score (nSPS) is 12.7. The van der Waals surface area contributed by atoms with Gasteiger partial charge in [-0.25, -0.2) is 13.6 Å². The van der Waals surface area contributed by atoms with E-state index in [0.29, 0.717) is 0 Å². The van der Waals surface area contributed by atoms with Crippen molar-refractivity contribution >= 4 is 6.09 Å². The van der Waals surface area contributed by atoms with Gasteiger partial charge in [0.1, 0.15) is 23.0 Å². The topological polar surface area (TPSA) is 73.6 Å². The van der Waals surface area contributed by atoms with Gasteiger partial charge in [0.15, 0.2) is 0 Å². The second kappa shape index (κ2) is 7.40. The lowest BCUT2D eigenvalue weighted by molar-refractivity contribution is 0.0505. The van der Waals surface area contributed by atoms with E-state index in [-0.39, 0.29) is 24.3 Å². The van der Waals surface area contributed by atoms with E-state index in [0.717, 1.165) is 12.1 Å². The maximum absolute atomic E-state index is 13.9. The highest BCUT2D eigenvalue weighted by atomic mass is 19.1. The number of amides is 1. The number of nitrogens with two attached hydrogens (primary N) is 1. The van der Waals surface area contributed by atoms with Gasteiger partial charge in [0.2, 0.25) is 0 Å². The molecular weight excluding hydrogens is 294 g/mol. The van der Waals surface area contributed by atoms with Gasteiger partial charge in [-0.2, -0.15) is 0 Å². The fourth-order valence-corrected chi connectivity index (χ4v) is 1.81. The van der Waals surface area contributed by atoms with E-state index in [1.54, 1.807) is 20.8 Å². The van der Waals surface area contributed by atoms with Crippen LogP contribution in [0.5, 0.6) is 5.75 Å². The zero-order valence-electron chi connectivity index (χ0n) is 13.2.